The maximum Gasteiger partial charge on any atom is 0.169 e. The van der Waals surface area contributed by atoms with Crippen LogP contribution in [0.2, 0.25) is 0 Å². The van der Waals surface area contributed by atoms with Crippen molar-refractivity contribution < 1.29 is 9.47 Å². The van der Waals surface area contributed by atoms with Crippen molar-refractivity contribution in [2.75, 3.05) is 7.11 Å². The average Bonchev–Trinajstić information content (AvgIpc) is 2.63. The van der Waals surface area contributed by atoms with Gasteiger partial charge in [-0.3, -0.25) is 0 Å². The van der Waals surface area contributed by atoms with Crippen LogP contribution in [0.3, 0.4) is 0 Å². The zero-order chi connectivity index (χ0) is 17.6. The lowest BCUT2D eigenvalue weighted by Gasteiger charge is -2.13. The van der Waals surface area contributed by atoms with Crippen LogP contribution in [-0.2, 0) is 12.8 Å². The van der Waals surface area contributed by atoms with Gasteiger partial charge < -0.3 is 9.47 Å². The quantitative estimate of drug-likeness (QED) is 0.676. The second-order valence-electron chi connectivity index (χ2n) is 5.57. The van der Waals surface area contributed by atoms with Crippen molar-refractivity contribution >= 4 is 10.8 Å². The van der Waals surface area contributed by atoms with E-state index in [-0.39, 0.29) is 0 Å². The maximum absolute atomic E-state index is 8.92. The van der Waals surface area contributed by atoms with Crippen LogP contribution in [0.15, 0.2) is 54.6 Å². The monoisotopic (exact) mass is 328 g/mol. The van der Waals surface area contributed by atoms with Gasteiger partial charge in [-0.2, -0.15) is 10.5 Å². The second-order valence-corrected chi connectivity index (χ2v) is 5.57. The molecule has 0 N–H and O–H groups in total. The summed E-state index contributed by atoms with van der Waals surface area (Å²) < 4.78 is 11.5. The molecule has 0 bridgehead atoms. The molecule has 4 heteroatoms. The number of rotatable bonds is 5. The molecule has 4 nitrogen and oxygen atoms in total. The molecule has 0 radical (unpaired) electrons. The minimum atomic E-state index is 0.308. The first-order valence-corrected chi connectivity index (χ1v) is 7.85. The Morgan fingerprint density at radius 3 is 2.24 bits per heavy atom. The zero-order valence-corrected chi connectivity index (χ0v) is 13.8. The molecule has 122 valence electrons. The van der Waals surface area contributed by atoms with E-state index in [2.05, 4.69) is 12.1 Å². The van der Waals surface area contributed by atoms with Crippen molar-refractivity contribution in [3.05, 3.63) is 65.7 Å². The number of benzene rings is 3. The van der Waals surface area contributed by atoms with Crippen LogP contribution in [0.1, 0.15) is 11.1 Å². The van der Waals surface area contributed by atoms with E-state index in [1.165, 1.54) is 0 Å². The molecule has 3 aromatic carbocycles. The van der Waals surface area contributed by atoms with Gasteiger partial charge in [-0.05, 0) is 40.8 Å². The predicted molar refractivity (Wildman–Crippen MR) is 95.7 cm³/mol. The normalized spacial score (nSPS) is 10.0. The number of nitriles is 2. The fraction of sp³-hybridized carbons (Fsp3) is 0.143. The topological polar surface area (TPSA) is 66.0 Å². The third-order valence-corrected chi connectivity index (χ3v) is 3.92. The van der Waals surface area contributed by atoms with E-state index in [1.807, 2.05) is 48.5 Å². The predicted octanol–water partition coefficient (Wildman–Crippen LogP) is 4.77. The molecule has 0 amide bonds. The molecule has 0 aliphatic carbocycles. The second kappa shape index (κ2) is 7.38. The SMILES string of the molecule is COc1ccc(CC#N)cc1Oc1cccc2ccc(CC#N)cc12. The van der Waals surface area contributed by atoms with Gasteiger partial charge in [0.2, 0.25) is 0 Å². The Labute approximate surface area is 146 Å². The number of nitrogens with zero attached hydrogens (tertiary/aromatic N) is 2. The van der Waals surface area contributed by atoms with E-state index in [1.54, 1.807) is 13.2 Å². The molecule has 0 atom stereocenters. The Bertz CT molecular complexity index is 997. The lowest BCUT2D eigenvalue weighted by atomic mass is 10.0. The van der Waals surface area contributed by atoms with Gasteiger partial charge >= 0.3 is 0 Å². The number of hydrogen-bond acceptors (Lipinski definition) is 4. The van der Waals surface area contributed by atoms with Gasteiger partial charge in [-0.1, -0.05) is 30.3 Å². The molecule has 0 saturated carbocycles. The van der Waals surface area contributed by atoms with Crippen LogP contribution in [0.25, 0.3) is 10.8 Å². The minimum absolute atomic E-state index is 0.308. The van der Waals surface area contributed by atoms with E-state index in [0.29, 0.717) is 30.1 Å². The molecule has 3 aromatic rings. The number of methoxy groups -OCH3 is 1. The highest BCUT2D eigenvalue weighted by Gasteiger charge is 2.10. The maximum atomic E-state index is 8.92. The van der Waals surface area contributed by atoms with Gasteiger partial charge in [-0.25, -0.2) is 0 Å². The number of hydrogen-bond donors (Lipinski definition) is 0. The largest absolute Gasteiger partial charge is 0.493 e. The Hall–Kier alpha value is -3.50. The van der Waals surface area contributed by atoms with Crippen molar-refractivity contribution in [1.82, 2.24) is 0 Å². The fourth-order valence-corrected chi connectivity index (χ4v) is 2.70. The fourth-order valence-electron chi connectivity index (χ4n) is 2.70. The van der Waals surface area contributed by atoms with E-state index >= 15 is 0 Å². The Balaban J connectivity index is 2.06. The Kier molecular flexibility index (Phi) is 4.83. The van der Waals surface area contributed by atoms with Crippen LogP contribution < -0.4 is 9.47 Å². The summed E-state index contributed by atoms with van der Waals surface area (Å²) in [4.78, 5) is 0. The van der Waals surface area contributed by atoms with Crippen LogP contribution in [0.4, 0.5) is 0 Å². The minimum Gasteiger partial charge on any atom is -0.493 e. The highest BCUT2D eigenvalue weighted by atomic mass is 16.5. The van der Waals surface area contributed by atoms with Crippen LogP contribution in [0.5, 0.6) is 17.2 Å². The Morgan fingerprint density at radius 1 is 0.800 bits per heavy atom. The van der Waals surface area contributed by atoms with Crippen LogP contribution in [0, 0.1) is 22.7 Å². The first kappa shape index (κ1) is 16.4. The van der Waals surface area contributed by atoms with Gasteiger partial charge in [0, 0.05) is 5.39 Å². The summed E-state index contributed by atoms with van der Waals surface area (Å²) in [6, 6.07) is 21.5. The molecule has 0 fully saturated rings. The molecule has 0 aliphatic rings. The van der Waals surface area contributed by atoms with Crippen LogP contribution >= 0.6 is 0 Å². The van der Waals surface area contributed by atoms with Crippen LogP contribution in [-0.4, -0.2) is 7.11 Å². The third-order valence-electron chi connectivity index (χ3n) is 3.92. The molecule has 25 heavy (non-hydrogen) atoms. The lowest BCUT2D eigenvalue weighted by molar-refractivity contribution is 0.380. The van der Waals surface area contributed by atoms with E-state index in [4.69, 9.17) is 20.0 Å². The summed E-state index contributed by atoms with van der Waals surface area (Å²) in [7, 11) is 1.58. The smallest absolute Gasteiger partial charge is 0.169 e. The number of ether oxygens (including phenoxy) is 2. The van der Waals surface area contributed by atoms with Gasteiger partial charge in [0.15, 0.2) is 11.5 Å². The summed E-state index contributed by atoms with van der Waals surface area (Å²) >= 11 is 0. The Morgan fingerprint density at radius 2 is 1.52 bits per heavy atom. The summed E-state index contributed by atoms with van der Waals surface area (Å²) in [5.41, 5.74) is 1.81. The summed E-state index contributed by atoms with van der Waals surface area (Å²) in [5, 5.41) is 19.8. The van der Waals surface area contributed by atoms with Crippen molar-refractivity contribution in [2.45, 2.75) is 12.8 Å². The first-order valence-electron chi connectivity index (χ1n) is 7.85. The summed E-state index contributed by atoms with van der Waals surface area (Å²) in [6.45, 7) is 0. The van der Waals surface area contributed by atoms with Gasteiger partial charge in [0.1, 0.15) is 5.75 Å². The average molecular weight is 328 g/mol. The number of fused-ring (bicyclic) bond motifs is 1. The highest BCUT2D eigenvalue weighted by Crippen LogP contribution is 2.36. The molecule has 0 saturated heterocycles. The van der Waals surface area contributed by atoms with Gasteiger partial charge in [0.25, 0.3) is 0 Å². The molecule has 0 aromatic heterocycles. The van der Waals surface area contributed by atoms with E-state index in [9.17, 15) is 0 Å². The zero-order valence-electron chi connectivity index (χ0n) is 13.8. The van der Waals surface area contributed by atoms with Crippen molar-refractivity contribution in [3.8, 4) is 29.4 Å². The van der Waals surface area contributed by atoms with Crippen molar-refractivity contribution in [2.24, 2.45) is 0 Å². The first-order chi connectivity index (χ1) is 12.2. The molecular formula is C21H16N2O2. The molecule has 3 rings (SSSR count). The standard InChI is InChI=1S/C21H16N2O2/c1-24-20-8-6-16(10-12-23)14-21(20)25-19-4-2-3-17-7-5-15(9-11-22)13-18(17)19/h2-8,13-14H,9-10H2,1H3. The molecule has 0 heterocycles. The van der Waals surface area contributed by atoms with Gasteiger partial charge in [0.05, 0.1) is 32.1 Å². The van der Waals surface area contributed by atoms with Crippen molar-refractivity contribution in [3.63, 3.8) is 0 Å². The van der Waals surface area contributed by atoms with E-state index < -0.39 is 0 Å². The lowest BCUT2D eigenvalue weighted by Crippen LogP contribution is -1.93. The highest BCUT2D eigenvalue weighted by molar-refractivity contribution is 5.89. The molecule has 0 unspecified atom stereocenters. The summed E-state index contributed by atoms with van der Waals surface area (Å²) in [6.07, 6.45) is 0.660. The van der Waals surface area contributed by atoms with E-state index in [0.717, 1.165) is 21.9 Å². The molecular weight excluding hydrogens is 312 g/mol. The van der Waals surface area contributed by atoms with Gasteiger partial charge in [-0.15, -0.1) is 0 Å². The molecule has 0 spiro atoms. The van der Waals surface area contributed by atoms with Crippen molar-refractivity contribution in [1.29, 1.82) is 10.5 Å². The third kappa shape index (κ3) is 3.54. The molecule has 0 aliphatic heterocycles. The summed E-state index contributed by atoms with van der Waals surface area (Å²) in [5.74, 6) is 1.85.